The van der Waals surface area contributed by atoms with Crippen LogP contribution in [0, 0.1) is 0 Å². The third-order valence-corrected chi connectivity index (χ3v) is 5.20. The van der Waals surface area contributed by atoms with Crippen molar-refractivity contribution in [2.24, 2.45) is 0 Å². The monoisotopic (exact) mass is 460 g/mol. The molecule has 0 fully saturated rings. The zero-order valence-electron chi connectivity index (χ0n) is 18.9. The van der Waals surface area contributed by atoms with E-state index < -0.39 is 0 Å². The maximum atomic E-state index is 12.2. The molecule has 174 valence electrons. The van der Waals surface area contributed by atoms with Crippen LogP contribution in [0.15, 0.2) is 42.5 Å². The minimum atomic E-state index is -0.173. The minimum Gasteiger partial charge on any atom is -0.492 e. The summed E-state index contributed by atoms with van der Waals surface area (Å²) in [5, 5.41) is 5.71. The smallest absolute Gasteiger partial charge is 0.234 e. The predicted octanol–water partition coefficient (Wildman–Crippen LogP) is 3.91. The summed E-state index contributed by atoms with van der Waals surface area (Å²) in [6.07, 6.45) is 0.678. The summed E-state index contributed by atoms with van der Waals surface area (Å²) in [6, 6.07) is 13.1. The number of ether oxygens (including phenoxy) is 3. The van der Waals surface area contributed by atoms with E-state index in [0.717, 1.165) is 11.3 Å². The lowest BCUT2D eigenvalue weighted by Gasteiger charge is -2.13. The molecule has 8 heteroatoms. The van der Waals surface area contributed by atoms with Crippen LogP contribution >= 0.6 is 11.8 Å². The van der Waals surface area contributed by atoms with Crippen molar-refractivity contribution in [3.05, 3.63) is 48.0 Å². The van der Waals surface area contributed by atoms with Gasteiger partial charge in [0.15, 0.2) is 11.5 Å². The Morgan fingerprint density at radius 2 is 1.47 bits per heavy atom. The number of carbonyl (C=O) groups is 2. The first-order valence-corrected chi connectivity index (χ1v) is 12.0. The van der Waals surface area contributed by atoms with Crippen molar-refractivity contribution in [1.29, 1.82) is 0 Å². The second-order valence-corrected chi connectivity index (χ2v) is 7.70. The average Bonchev–Trinajstić information content (AvgIpc) is 2.77. The van der Waals surface area contributed by atoms with Crippen molar-refractivity contribution < 1.29 is 23.8 Å². The Hall–Kier alpha value is -2.87. The number of benzene rings is 2. The molecular formula is C24H32N2O5S. The zero-order chi connectivity index (χ0) is 23.2. The van der Waals surface area contributed by atoms with Gasteiger partial charge in [0, 0.05) is 6.54 Å². The quantitative estimate of drug-likeness (QED) is 0.445. The van der Waals surface area contributed by atoms with Crippen molar-refractivity contribution in [2.75, 3.05) is 43.2 Å². The molecule has 0 aliphatic rings. The van der Waals surface area contributed by atoms with Crippen LogP contribution in [0.2, 0.25) is 0 Å². The van der Waals surface area contributed by atoms with Crippen molar-refractivity contribution in [1.82, 2.24) is 5.32 Å². The highest BCUT2D eigenvalue weighted by molar-refractivity contribution is 8.00. The molecule has 0 saturated heterocycles. The number of anilines is 1. The zero-order valence-corrected chi connectivity index (χ0v) is 19.8. The molecule has 2 rings (SSSR count). The van der Waals surface area contributed by atoms with Crippen molar-refractivity contribution in [3.63, 3.8) is 0 Å². The van der Waals surface area contributed by atoms with Gasteiger partial charge in [-0.25, -0.2) is 0 Å². The maximum absolute atomic E-state index is 12.2. The minimum absolute atomic E-state index is 0.103. The maximum Gasteiger partial charge on any atom is 0.234 e. The Labute approximate surface area is 194 Å². The fourth-order valence-electron chi connectivity index (χ4n) is 2.92. The highest BCUT2D eigenvalue weighted by atomic mass is 32.2. The molecular weight excluding hydrogens is 428 g/mol. The Morgan fingerprint density at radius 1 is 0.812 bits per heavy atom. The van der Waals surface area contributed by atoms with Crippen LogP contribution in [-0.4, -0.2) is 49.7 Å². The lowest BCUT2D eigenvalue weighted by molar-refractivity contribution is -0.118. The fraction of sp³-hybridized carbons (Fsp3) is 0.417. The van der Waals surface area contributed by atoms with Gasteiger partial charge in [-0.3, -0.25) is 9.59 Å². The predicted molar refractivity (Wildman–Crippen MR) is 129 cm³/mol. The van der Waals surface area contributed by atoms with Crippen molar-refractivity contribution in [2.45, 2.75) is 27.2 Å². The normalized spacial score (nSPS) is 10.3. The van der Waals surface area contributed by atoms with E-state index in [4.69, 9.17) is 14.2 Å². The lowest BCUT2D eigenvalue weighted by Crippen LogP contribution is -2.28. The molecule has 0 aliphatic heterocycles. The van der Waals surface area contributed by atoms with Gasteiger partial charge in [-0.1, -0.05) is 18.2 Å². The van der Waals surface area contributed by atoms with Gasteiger partial charge in [-0.2, -0.15) is 0 Å². The SMILES string of the molecule is CCOc1ccccc1NC(=O)CSCC(=O)NCCc1ccc(OCC)c(OCC)c1. The number of amides is 2. The molecule has 7 nitrogen and oxygen atoms in total. The third kappa shape index (κ3) is 8.70. The van der Waals surface area contributed by atoms with E-state index in [1.54, 1.807) is 12.1 Å². The number of carbonyl (C=O) groups excluding carboxylic acids is 2. The number of nitrogens with one attached hydrogen (secondary N) is 2. The molecule has 2 amide bonds. The molecule has 0 radical (unpaired) electrons. The Balaban J connectivity index is 1.70. The van der Waals surface area contributed by atoms with E-state index in [-0.39, 0.29) is 23.3 Å². The summed E-state index contributed by atoms with van der Waals surface area (Å²) in [5.41, 5.74) is 1.68. The number of rotatable bonds is 14. The van der Waals surface area contributed by atoms with Gasteiger partial charge >= 0.3 is 0 Å². The van der Waals surface area contributed by atoms with E-state index in [1.807, 2.05) is 51.1 Å². The standard InChI is InChI=1S/C24H32N2O5S/c1-4-29-20-10-8-7-9-19(20)26-24(28)17-32-16-23(27)25-14-13-18-11-12-21(30-5-2)22(15-18)31-6-3/h7-12,15H,4-6,13-14,16-17H2,1-3H3,(H,25,27)(H,26,28). The summed E-state index contributed by atoms with van der Waals surface area (Å²) in [7, 11) is 0. The summed E-state index contributed by atoms with van der Waals surface area (Å²) in [5.74, 6) is 2.19. The van der Waals surface area contributed by atoms with Crippen LogP contribution in [0.1, 0.15) is 26.3 Å². The number of hydrogen-bond donors (Lipinski definition) is 2. The van der Waals surface area contributed by atoms with Gasteiger partial charge in [0.25, 0.3) is 0 Å². The average molecular weight is 461 g/mol. The molecule has 2 aromatic carbocycles. The highest BCUT2D eigenvalue weighted by Crippen LogP contribution is 2.28. The number of para-hydroxylation sites is 2. The first-order valence-electron chi connectivity index (χ1n) is 10.8. The van der Waals surface area contributed by atoms with Crippen LogP contribution in [0.3, 0.4) is 0 Å². The van der Waals surface area contributed by atoms with Crippen molar-refractivity contribution >= 4 is 29.3 Å². The Kier molecular flexibility index (Phi) is 11.3. The van der Waals surface area contributed by atoms with Gasteiger partial charge in [0.2, 0.25) is 11.8 Å². The van der Waals surface area contributed by atoms with E-state index in [2.05, 4.69) is 10.6 Å². The van der Waals surface area contributed by atoms with Gasteiger partial charge in [-0.05, 0) is 57.0 Å². The summed E-state index contributed by atoms with van der Waals surface area (Å²) in [4.78, 5) is 24.3. The lowest BCUT2D eigenvalue weighted by atomic mass is 10.1. The Bertz CT molecular complexity index is 875. The highest BCUT2D eigenvalue weighted by Gasteiger charge is 2.10. The third-order valence-electron chi connectivity index (χ3n) is 4.27. The molecule has 32 heavy (non-hydrogen) atoms. The topological polar surface area (TPSA) is 85.9 Å². The van der Waals surface area contributed by atoms with E-state index in [0.29, 0.717) is 50.0 Å². The van der Waals surface area contributed by atoms with Crippen LogP contribution in [0.5, 0.6) is 17.2 Å². The second kappa shape index (κ2) is 14.2. The first kappa shape index (κ1) is 25.4. The molecule has 0 aromatic heterocycles. The second-order valence-electron chi connectivity index (χ2n) is 6.72. The number of hydrogen-bond acceptors (Lipinski definition) is 6. The van der Waals surface area contributed by atoms with E-state index in [1.165, 1.54) is 11.8 Å². The fourth-order valence-corrected chi connectivity index (χ4v) is 3.57. The van der Waals surface area contributed by atoms with Crippen molar-refractivity contribution in [3.8, 4) is 17.2 Å². The number of thioether (sulfide) groups is 1. The Morgan fingerprint density at radius 3 is 2.22 bits per heavy atom. The summed E-state index contributed by atoms with van der Waals surface area (Å²) in [6.45, 7) is 7.91. The van der Waals surface area contributed by atoms with Crippen LogP contribution in [-0.2, 0) is 16.0 Å². The van der Waals surface area contributed by atoms with Crippen LogP contribution in [0.25, 0.3) is 0 Å². The van der Waals surface area contributed by atoms with Gasteiger partial charge in [0.1, 0.15) is 5.75 Å². The van der Waals surface area contributed by atoms with Gasteiger partial charge in [-0.15, -0.1) is 11.8 Å². The molecule has 0 bridgehead atoms. The van der Waals surface area contributed by atoms with Crippen LogP contribution < -0.4 is 24.8 Å². The molecule has 2 aromatic rings. The molecule has 0 aliphatic carbocycles. The van der Waals surface area contributed by atoms with Gasteiger partial charge in [0.05, 0.1) is 37.0 Å². The molecule has 0 atom stereocenters. The van der Waals surface area contributed by atoms with Gasteiger partial charge < -0.3 is 24.8 Å². The molecule has 0 heterocycles. The molecule has 0 unspecified atom stereocenters. The van der Waals surface area contributed by atoms with E-state index in [9.17, 15) is 9.59 Å². The van der Waals surface area contributed by atoms with Crippen LogP contribution in [0.4, 0.5) is 5.69 Å². The first-order chi connectivity index (χ1) is 15.6. The summed E-state index contributed by atoms with van der Waals surface area (Å²) >= 11 is 1.27. The molecule has 0 saturated carbocycles. The molecule has 0 spiro atoms. The molecule has 2 N–H and O–H groups in total. The summed E-state index contributed by atoms with van der Waals surface area (Å²) < 4.78 is 16.7. The van der Waals surface area contributed by atoms with E-state index >= 15 is 0 Å². The largest absolute Gasteiger partial charge is 0.492 e.